The summed E-state index contributed by atoms with van der Waals surface area (Å²) in [5, 5.41) is 6.45. The Bertz CT molecular complexity index is 445. The summed E-state index contributed by atoms with van der Waals surface area (Å²) in [6.45, 7) is 10.1. The minimum atomic E-state index is 0.0607. The van der Waals surface area contributed by atoms with Crippen LogP contribution in [0.4, 0.5) is 0 Å². The number of carbonyl (C=O) groups is 1. The number of hydrogen-bond acceptors (Lipinski definition) is 2. The van der Waals surface area contributed by atoms with Gasteiger partial charge in [0, 0.05) is 18.2 Å². The van der Waals surface area contributed by atoms with Gasteiger partial charge in [0.05, 0.1) is 0 Å². The van der Waals surface area contributed by atoms with Gasteiger partial charge >= 0.3 is 0 Å². The quantitative estimate of drug-likeness (QED) is 0.837. The summed E-state index contributed by atoms with van der Waals surface area (Å²) in [4.78, 5) is 12.4. The molecule has 18 heavy (non-hydrogen) atoms. The molecule has 1 aliphatic heterocycles. The van der Waals surface area contributed by atoms with Crippen molar-refractivity contribution in [3.8, 4) is 0 Å². The summed E-state index contributed by atoms with van der Waals surface area (Å²) in [6, 6.07) is 4.38. The van der Waals surface area contributed by atoms with Gasteiger partial charge in [-0.15, -0.1) is 0 Å². The van der Waals surface area contributed by atoms with Crippen LogP contribution in [0.1, 0.15) is 34.0 Å². The lowest BCUT2D eigenvalue weighted by Crippen LogP contribution is -2.40. The van der Waals surface area contributed by atoms with E-state index in [1.54, 1.807) is 0 Å². The van der Waals surface area contributed by atoms with Crippen molar-refractivity contribution in [2.45, 2.75) is 33.7 Å². The number of hydrogen-bond donors (Lipinski definition) is 2. The summed E-state index contributed by atoms with van der Waals surface area (Å²) in [7, 11) is 0. The Balaban J connectivity index is 2.19. The monoisotopic (exact) mass is 246 g/mol. The molecule has 1 fully saturated rings. The molecule has 0 saturated carbocycles. The highest BCUT2D eigenvalue weighted by Crippen LogP contribution is 2.17. The van der Waals surface area contributed by atoms with E-state index < -0.39 is 0 Å². The summed E-state index contributed by atoms with van der Waals surface area (Å²) in [6.07, 6.45) is 0. The van der Waals surface area contributed by atoms with E-state index in [1.807, 2.05) is 13.8 Å². The average Bonchev–Trinajstić information content (AvgIpc) is 2.62. The maximum atomic E-state index is 12.4. The zero-order chi connectivity index (χ0) is 13.3. The SMILES string of the molecule is Cc1cc(C)c(C(=O)NC2CNCC2C)c(C)c1. The normalized spacial score (nSPS) is 23.1. The van der Waals surface area contributed by atoms with Gasteiger partial charge in [-0.2, -0.15) is 0 Å². The van der Waals surface area contributed by atoms with E-state index in [4.69, 9.17) is 0 Å². The van der Waals surface area contributed by atoms with E-state index in [-0.39, 0.29) is 11.9 Å². The van der Waals surface area contributed by atoms with E-state index >= 15 is 0 Å². The van der Waals surface area contributed by atoms with Gasteiger partial charge in [0.15, 0.2) is 0 Å². The molecule has 3 nitrogen and oxygen atoms in total. The van der Waals surface area contributed by atoms with Gasteiger partial charge < -0.3 is 10.6 Å². The molecule has 1 amide bonds. The number of benzene rings is 1. The van der Waals surface area contributed by atoms with E-state index in [2.05, 4.69) is 36.6 Å². The van der Waals surface area contributed by atoms with Crippen molar-refractivity contribution >= 4 is 5.91 Å². The molecular weight excluding hydrogens is 224 g/mol. The van der Waals surface area contributed by atoms with Crippen molar-refractivity contribution in [2.75, 3.05) is 13.1 Å². The molecule has 0 aliphatic carbocycles. The number of carbonyl (C=O) groups excluding carboxylic acids is 1. The molecule has 0 spiro atoms. The predicted molar refractivity (Wildman–Crippen MR) is 73.9 cm³/mol. The predicted octanol–water partition coefficient (Wildman–Crippen LogP) is 1.95. The Kier molecular flexibility index (Phi) is 3.71. The zero-order valence-corrected chi connectivity index (χ0v) is 11.6. The van der Waals surface area contributed by atoms with Crippen molar-refractivity contribution in [3.63, 3.8) is 0 Å². The molecule has 1 aromatic rings. The minimum Gasteiger partial charge on any atom is -0.348 e. The summed E-state index contributed by atoms with van der Waals surface area (Å²) in [5.74, 6) is 0.561. The van der Waals surface area contributed by atoms with Crippen molar-refractivity contribution in [1.82, 2.24) is 10.6 Å². The van der Waals surface area contributed by atoms with Crippen LogP contribution in [-0.4, -0.2) is 25.0 Å². The van der Waals surface area contributed by atoms with Crippen molar-refractivity contribution < 1.29 is 4.79 Å². The lowest BCUT2D eigenvalue weighted by atomic mass is 9.98. The van der Waals surface area contributed by atoms with E-state index in [0.29, 0.717) is 5.92 Å². The topological polar surface area (TPSA) is 41.1 Å². The van der Waals surface area contributed by atoms with E-state index in [9.17, 15) is 4.79 Å². The second-order valence-electron chi connectivity index (χ2n) is 5.49. The Labute approximate surface area is 109 Å². The molecule has 3 heteroatoms. The maximum Gasteiger partial charge on any atom is 0.252 e. The molecule has 1 aromatic carbocycles. The van der Waals surface area contributed by atoms with Crippen LogP contribution in [0.3, 0.4) is 0 Å². The van der Waals surface area contributed by atoms with E-state index in [1.165, 1.54) is 5.56 Å². The molecule has 1 aliphatic rings. The highest BCUT2D eigenvalue weighted by atomic mass is 16.1. The minimum absolute atomic E-state index is 0.0607. The Hall–Kier alpha value is -1.35. The first-order valence-electron chi connectivity index (χ1n) is 6.58. The molecule has 98 valence electrons. The Morgan fingerprint density at radius 2 is 1.83 bits per heavy atom. The maximum absolute atomic E-state index is 12.4. The van der Waals surface area contributed by atoms with Crippen LogP contribution in [0.15, 0.2) is 12.1 Å². The third-order valence-corrected chi connectivity index (χ3v) is 3.74. The smallest absolute Gasteiger partial charge is 0.252 e. The fourth-order valence-electron chi connectivity index (χ4n) is 2.78. The molecule has 0 radical (unpaired) electrons. The largest absolute Gasteiger partial charge is 0.348 e. The van der Waals surface area contributed by atoms with Gasteiger partial charge in [-0.25, -0.2) is 0 Å². The molecule has 1 heterocycles. The van der Waals surface area contributed by atoms with Gasteiger partial charge in [0.25, 0.3) is 5.91 Å². The third kappa shape index (κ3) is 2.56. The van der Waals surface area contributed by atoms with Crippen LogP contribution in [-0.2, 0) is 0 Å². The number of amides is 1. The van der Waals surface area contributed by atoms with Crippen LogP contribution in [0.2, 0.25) is 0 Å². The molecule has 2 atom stereocenters. The van der Waals surface area contributed by atoms with E-state index in [0.717, 1.165) is 29.8 Å². The van der Waals surface area contributed by atoms with Crippen LogP contribution in [0.25, 0.3) is 0 Å². The number of aryl methyl sites for hydroxylation is 3. The highest BCUT2D eigenvalue weighted by molar-refractivity contribution is 5.97. The first kappa shape index (κ1) is 13.1. The summed E-state index contributed by atoms with van der Waals surface area (Å²) >= 11 is 0. The molecule has 0 bridgehead atoms. The lowest BCUT2D eigenvalue weighted by Gasteiger charge is -2.18. The Morgan fingerprint density at radius 3 is 2.33 bits per heavy atom. The molecule has 2 unspecified atom stereocenters. The fraction of sp³-hybridized carbons (Fsp3) is 0.533. The number of rotatable bonds is 2. The van der Waals surface area contributed by atoms with Crippen molar-refractivity contribution in [3.05, 3.63) is 34.4 Å². The van der Waals surface area contributed by atoms with Crippen LogP contribution < -0.4 is 10.6 Å². The summed E-state index contributed by atoms with van der Waals surface area (Å²) < 4.78 is 0. The molecule has 0 aromatic heterocycles. The first-order valence-corrected chi connectivity index (χ1v) is 6.58. The van der Waals surface area contributed by atoms with Gasteiger partial charge in [0.1, 0.15) is 0 Å². The van der Waals surface area contributed by atoms with Crippen LogP contribution in [0.5, 0.6) is 0 Å². The second-order valence-corrected chi connectivity index (χ2v) is 5.49. The number of nitrogens with one attached hydrogen (secondary N) is 2. The Morgan fingerprint density at radius 1 is 1.22 bits per heavy atom. The highest BCUT2D eigenvalue weighted by Gasteiger charge is 2.25. The van der Waals surface area contributed by atoms with Gasteiger partial charge in [-0.05, 0) is 44.4 Å². The molecule has 1 saturated heterocycles. The fourth-order valence-corrected chi connectivity index (χ4v) is 2.78. The van der Waals surface area contributed by atoms with Gasteiger partial charge in [0.2, 0.25) is 0 Å². The summed E-state index contributed by atoms with van der Waals surface area (Å²) in [5.41, 5.74) is 4.16. The molecule has 2 rings (SSSR count). The zero-order valence-electron chi connectivity index (χ0n) is 11.6. The van der Waals surface area contributed by atoms with Crippen molar-refractivity contribution in [1.29, 1.82) is 0 Å². The van der Waals surface area contributed by atoms with Crippen molar-refractivity contribution in [2.24, 2.45) is 5.92 Å². The van der Waals surface area contributed by atoms with Crippen LogP contribution >= 0.6 is 0 Å². The third-order valence-electron chi connectivity index (χ3n) is 3.74. The van der Waals surface area contributed by atoms with Gasteiger partial charge in [-0.1, -0.05) is 24.6 Å². The average molecular weight is 246 g/mol. The molecule has 2 N–H and O–H groups in total. The second kappa shape index (κ2) is 5.11. The first-order chi connectivity index (χ1) is 8.49. The standard InChI is InChI=1S/C15H22N2O/c1-9-5-10(2)14(11(3)6-9)15(18)17-13-8-16-7-12(13)4/h5-6,12-13,16H,7-8H2,1-4H3,(H,17,18). The lowest BCUT2D eigenvalue weighted by molar-refractivity contribution is 0.0931. The molecular formula is C15H22N2O. The van der Waals surface area contributed by atoms with Crippen LogP contribution in [0, 0.1) is 26.7 Å². The van der Waals surface area contributed by atoms with Gasteiger partial charge in [-0.3, -0.25) is 4.79 Å².